The second-order valence-corrected chi connectivity index (χ2v) is 8.27. The lowest BCUT2D eigenvalue weighted by Gasteiger charge is -2.23. The highest BCUT2D eigenvalue weighted by molar-refractivity contribution is 7.88. The van der Waals surface area contributed by atoms with Crippen LogP contribution in [0.1, 0.15) is 11.3 Å². The molecule has 1 aromatic heterocycles. The van der Waals surface area contributed by atoms with Crippen LogP contribution in [0.4, 0.5) is 5.69 Å². The zero-order valence-corrected chi connectivity index (χ0v) is 16.9. The first-order valence-corrected chi connectivity index (χ1v) is 9.81. The van der Waals surface area contributed by atoms with E-state index in [1.807, 2.05) is 0 Å². The Morgan fingerprint density at radius 2 is 1.93 bits per heavy atom. The van der Waals surface area contributed by atoms with Gasteiger partial charge in [0.05, 0.1) is 22.6 Å². The fraction of sp³-hybridized carbons (Fsp3) is 0.188. The zero-order valence-electron chi connectivity index (χ0n) is 14.6. The molecule has 3 rings (SSSR count). The van der Waals surface area contributed by atoms with E-state index in [4.69, 9.17) is 23.2 Å². The summed E-state index contributed by atoms with van der Waals surface area (Å²) in [5.74, 6) is -0.667. The van der Waals surface area contributed by atoms with Crippen molar-refractivity contribution in [1.82, 2.24) is 14.1 Å². The predicted molar refractivity (Wildman–Crippen MR) is 104 cm³/mol. The van der Waals surface area contributed by atoms with Gasteiger partial charge in [0.1, 0.15) is 5.70 Å². The quantitative estimate of drug-likeness (QED) is 0.813. The van der Waals surface area contributed by atoms with E-state index in [1.165, 1.54) is 31.5 Å². The van der Waals surface area contributed by atoms with Crippen LogP contribution >= 0.6 is 23.2 Å². The summed E-state index contributed by atoms with van der Waals surface area (Å²) in [6.07, 6.45) is 2.88. The number of nitrogens with one attached hydrogen (secondary N) is 1. The molecule has 1 aliphatic heterocycles. The summed E-state index contributed by atoms with van der Waals surface area (Å²) in [5, 5.41) is 7.30. The Bertz CT molecular complexity index is 1110. The molecule has 0 unspecified atom stereocenters. The summed E-state index contributed by atoms with van der Waals surface area (Å²) in [6, 6.07) is 4.58. The summed E-state index contributed by atoms with van der Waals surface area (Å²) in [7, 11) is -1.10. The first-order valence-electron chi connectivity index (χ1n) is 7.66. The van der Waals surface area contributed by atoms with Crippen LogP contribution in [0.5, 0.6) is 0 Å². The summed E-state index contributed by atoms with van der Waals surface area (Å²) < 4.78 is 31.0. The average molecular weight is 428 g/mol. The van der Waals surface area contributed by atoms with E-state index in [1.54, 1.807) is 24.7 Å². The average Bonchev–Trinajstić information content (AvgIpc) is 2.92. The number of aromatic nitrogens is 2. The number of carbonyl (C=O) groups is 1. The molecule has 27 heavy (non-hydrogen) atoms. The lowest BCUT2D eigenvalue weighted by atomic mass is 10.1. The number of allylic oxidation sites excluding steroid dienone is 1. The third-order valence-electron chi connectivity index (χ3n) is 4.09. The van der Waals surface area contributed by atoms with Crippen LogP contribution in [0.3, 0.4) is 0 Å². The summed E-state index contributed by atoms with van der Waals surface area (Å²) in [6.45, 7) is 1.77. The Kier molecular flexibility index (Phi) is 5.02. The Hall–Kier alpha value is -2.36. The van der Waals surface area contributed by atoms with E-state index in [2.05, 4.69) is 14.8 Å². The molecule has 8 nitrogen and oxygen atoms in total. The minimum atomic E-state index is -4.07. The highest BCUT2D eigenvalue weighted by Crippen LogP contribution is 2.27. The monoisotopic (exact) mass is 427 g/mol. The van der Waals surface area contributed by atoms with Crippen molar-refractivity contribution in [2.45, 2.75) is 6.92 Å². The summed E-state index contributed by atoms with van der Waals surface area (Å²) in [4.78, 5) is 12.7. The third-order valence-corrected chi connectivity index (χ3v) is 5.97. The highest BCUT2D eigenvalue weighted by Gasteiger charge is 2.31. The minimum Gasteiger partial charge on any atom is -0.319 e. The van der Waals surface area contributed by atoms with Crippen molar-refractivity contribution in [1.29, 1.82) is 0 Å². The lowest BCUT2D eigenvalue weighted by molar-refractivity contribution is -0.113. The standard InChI is InChI=1S/C16H15Cl2N5O3S/c1-9-11(8-19-22(9)2)13-7-15(23(3)27(25,26)21-13)16(24)20-14-6-10(17)4-5-12(14)18/h4-8H,1-3H3,(H,20,24). The number of amides is 1. The highest BCUT2D eigenvalue weighted by atomic mass is 35.5. The summed E-state index contributed by atoms with van der Waals surface area (Å²) in [5.41, 5.74) is 1.51. The van der Waals surface area contributed by atoms with Crippen LogP contribution < -0.4 is 5.32 Å². The lowest BCUT2D eigenvalue weighted by Crippen LogP contribution is -2.35. The molecule has 1 amide bonds. The van der Waals surface area contributed by atoms with Gasteiger partial charge in [-0.25, -0.2) is 4.31 Å². The number of anilines is 1. The molecule has 1 aliphatic rings. The Labute approximate surface area is 166 Å². The van der Waals surface area contributed by atoms with Crippen LogP contribution in [0, 0.1) is 6.92 Å². The van der Waals surface area contributed by atoms with Gasteiger partial charge in [0.2, 0.25) is 0 Å². The smallest absolute Gasteiger partial charge is 0.319 e. The van der Waals surface area contributed by atoms with Gasteiger partial charge in [-0.3, -0.25) is 9.48 Å². The van der Waals surface area contributed by atoms with Gasteiger partial charge < -0.3 is 5.32 Å². The second-order valence-electron chi connectivity index (χ2n) is 5.80. The van der Waals surface area contributed by atoms with E-state index >= 15 is 0 Å². The molecule has 11 heteroatoms. The van der Waals surface area contributed by atoms with Gasteiger partial charge in [-0.2, -0.15) is 13.5 Å². The van der Waals surface area contributed by atoms with Gasteiger partial charge >= 0.3 is 10.2 Å². The molecule has 0 fully saturated rings. The second kappa shape index (κ2) is 6.99. The maximum absolute atomic E-state index is 12.7. The van der Waals surface area contributed by atoms with Crippen molar-refractivity contribution < 1.29 is 13.2 Å². The summed E-state index contributed by atoms with van der Waals surface area (Å²) >= 11 is 12.0. The van der Waals surface area contributed by atoms with Crippen molar-refractivity contribution in [2.24, 2.45) is 11.4 Å². The number of benzene rings is 1. The number of rotatable bonds is 3. The first kappa shape index (κ1) is 19.4. The Morgan fingerprint density at radius 3 is 2.56 bits per heavy atom. The molecule has 0 saturated heterocycles. The normalized spacial score (nSPS) is 16.0. The topological polar surface area (TPSA) is 96.7 Å². The van der Waals surface area contributed by atoms with Crippen LogP contribution in [0.25, 0.3) is 0 Å². The molecule has 0 spiro atoms. The molecule has 0 bridgehead atoms. The molecule has 1 aromatic carbocycles. The maximum atomic E-state index is 12.7. The molecule has 2 aromatic rings. The molecule has 0 radical (unpaired) electrons. The number of halogens is 2. The fourth-order valence-electron chi connectivity index (χ4n) is 2.42. The fourth-order valence-corrected chi connectivity index (χ4v) is 3.67. The number of carbonyl (C=O) groups excluding carboxylic acids is 1. The molecule has 1 N–H and O–H groups in total. The molecule has 0 atom stereocenters. The van der Waals surface area contributed by atoms with Crippen LogP contribution in [0.15, 0.2) is 40.6 Å². The molecular weight excluding hydrogens is 413 g/mol. The van der Waals surface area contributed by atoms with E-state index in [-0.39, 0.29) is 22.1 Å². The third kappa shape index (κ3) is 3.71. The van der Waals surface area contributed by atoms with Gasteiger partial charge in [0.25, 0.3) is 5.91 Å². The van der Waals surface area contributed by atoms with E-state index < -0.39 is 16.1 Å². The number of hydrogen-bond donors (Lipinski definition) is 1. The minimum absolute atomic E-state index is 0.112. The largest absolute Gasteiger partial charge is 0.345 e. The van der Waals surface area contributed by atoms with Crippen molar-refractivity contribution in [3.63, 3.8) is 0 Å². The number of aryl methyl sites for hydroxylation is 1. The molecule has 0 aliphatic carbocycles. The zero-order chi connectivity index (χ0) is 19.9. The van der Waals surface area contributed by atoms with Gasteiger partial charge in [0, 0.05) is 30.4 Å². The molecule has 142 valence electrons. The maximum Gasteiger partial charge on any atom is 0.345 e. The first-order chi connectivity index (χ1) is 12.6. The van der Waals surface area contributed by atoms with Crippen LogP contribution in [0.2, 0.25) is 10.0 Å². The molecular formula is C16H15Cl2N5O3S. The van der Waals surface area contributed by atoms with Gasteiger partial charge in [-0.15, -0.1) is 4.40 Å². The SMILES string of the molecule is Cc1c(C2=NS(=O)(=O)N(C)C(C(=O)Nc3cc(Cl)ccc3Cl)=C2)cnn1C. The van der Waals surface area contributed by atoms with E-state index in [9.17, 15) is 13.2 Å². The molecule has 2 heterocycles. The number of likely N-dealkylation sites (N-methyl/N-ethyl adjacent to an activating group) is 1. The Morgan fingerprint density at radius 1 is 1.22 bits per heavy atom. The van der Waals surface area contributed by atoms with Gasteiger partial charge in [0.15, 0.2) is 0 Å². The van der Waals surface area contributed by atoms with Crippen molar-refractivity contribution >= 4 is 50.7 Å². The number of hydrogen-bond acceptors (Lipinski definition) is 4. The van der Waals surface area contributed by atoms with Crippen LogP contribution in [-0.4, -0.2) is 41.2 Å². The van der Waals surface area contributed by atoms with Gasteiger partial charge in [-0.05, 0) is 31.2 Å². The van der Waals surface area contributed by atoms with E-state index in [0.717, 1.165) is 4.31 Å². The predicted octanol–water partition coefficient (Wildman–Crippen LogP) is 2.54. The van der Waals surface area contributed by atoms with Crippen molar-refractivity contribution in [2.75, 3.05) is 12.4 Å². The number of nitrogens with zero attached hydrogens (tertiary/aromatic N) is 4. The van der Waals surface area contributed by atoms with Gasteiger partial charge in [-0.1, -0.05) is 23.2 Å². The Balaban J connectivity index is 2.02. The molecule has 0 saturated carbocycles. The van der Waals surface area contributed by atoms with E-state index in [0.29, 0.717) is 16.3 Å². The van der Waals surface area contributed by atoms with Crippen LogP contribution in [-0.2, 0) is 22.1 Å². The van der Waals surface area contributed by atoms with Crippen molar-refractivity contribution in [3.05, 3.63) is 57.5 Å². The van der Waals surface area contributed by atoms with Crippen molar-refractivity contribution in [3.8, 4) is 0 Å².